The minimum absolute atomic E-state index is 0.310. The molecule has 3 heteroatoms. The van der Waals surface area contributed by atoms with E-state index in [0.717, 1.165) is 25.7 Å². The average molecular weight is 251 g/mol. The molecule has 0 radical (unpaired) electrons. The monoisotopic (exact) mass is 250 g/mol. The van der Waals surface area contributed by atoms with Crippen LogP contribution in [-0.2, 0) is 13.5 Å². The highest BCUT2D eigenvalue weighted by atomic mass is 35.5. The third-order valence-corrected chi connectivity index (χ3v) is 3.74. The van der Waals surface area contributed by atoms with Crippen LogP contribution in [0.15, 0.2) is 24.3 Å². The summed E-state index contributed by atoms with van der Waals surface area (Å²) in [4.78, 5) is 0. The first-order chi connectivity index (χ1) is 8.22. The number of hydrogen-bond acceptors (Lipinski definition) is 1. The summed E-state index contributed by atoms with van der Waals surface area (Å²) in [6.45, 7) is 2.13. The van der Waals surface area contributed by atoms with E-state index in [1.807, 2.05) is 11.7 Å². The third-order valence-electron chi connectivity index (χ3n) is 3.21. The van der Waals surface area contributed by atoms with Crippen molar-refractivity contribution >= 4 is 22.5 Å². The van der Waals surface area contributed by atoms with Gasteiger partial charge in [0.05, 0.1) is 11.2 Å². The second-order valence-electron chi connectivity index (χ2n) is 4.49. The average Bonchev–Trinajstić information content (AvgIpc) is 2.67. The predicted octanol–water partition coefficient (Wildman–Crippen LogP) is 3.91. The molecular weight excluding hydrogens is 232 g/mol. The standard InChI is InChI=1S/C14H19ClN2/c1-3-11(15)7-6-9-13-12-8-4-5-10-14(12)17(2)16-13/h4-5,8,10-11H,3,6-7,9H2,1-2H3. The van der Waals surface area contributed by atoms with Crippen LogP contribution in [0.3, 0.4) is 0 Å². The number of hydrogen-bond donors (Lipinski definition) is 0. The highest BCUT2D eigenvalue weighted by Gasteiger charge is 2.08. The first kappa shape index (κ1) is 12.4. The Morgan fingerprint density at radius 2 is 2.12 bits per heavy atom. The van der Waals surface area contributed by atoms with Crippen LogP contribution in [0, 0.1) is 0 Å². The molecule has 2 rings (SSSR count). The predicted molar refractivity (Wildman–Crippen MR) is 73.6 cm³/mol. The van der Waals surface area contributed by atoms with E-state index in [1.54, 1.807) is 0 Å². The van der Waals surface area contributed by atoms with E-state index in [-0.39, 0.29) is 0 Å². The van der Waals surface area contributed by atoms with E-state index < -0.39 is 0 Å². The summed E-state index contributed by atoms with van der Waals surface area (Å²) in [6, 6.07) is 8.39. The van der Waals surface area contributed by atoms with Gasteiger partial charge in [-0.3, -0.25) is 4.68 Å². The summed E-state index contributed by atoms with van der Waals surface area (Å²) in [7, 11) is 2.00. The Kier molecular flexibility index (Phi) is 4.06. The summed E-state index contributed by atoms with van der Waals surface area (Å²) in [5.41, 5.74) is 2.41. The smallest absolute Gasteiger partial charge is 0.0703 e. The molecule has 0 spiro atoms. The molecule has 0 bridgehead atoms. The fourth-order valence-electron chi connectivity index (χ4n) is 2.17. The molecule has 0 aliphatic carbocycles. The van der Waals surface area contributed by atoms with Crippen molar-refractivity contribution in [2.75, 3.05) is 0 Å². The molecule has 2 nitrogen and oxygen atoms in total. The first-order valence-electron chi connectivity index (χ1n) is 6.27. The van der Waals surface area contributed by atoms with Crippen LogP contribution in [0.2, 0.25) is 0 Å². The van der Waals surface area contributed by atoms with Crippen LogP contribution in [0.1, 0.15) is 31.9 Å². The number of aryl methyl sites for hydroxylation is 2. The van der Waals surface area contributed by atoms with Gasteiger partial charge >= 0.3 is 0 Å². The molecule has 1 aromatic heterocycles. The number of benzene rings is 1. The minimum atomic E-state index is 0.310. The minimum Gasteiger partial charge on any atom is -0.268 e. The van der Waals surface area contributed by atoms with Crippen LogP contribution in [0.4, 0.5) is 0 Å². The van der Waals surface area contributed by atoms with E-state index in [9.17, 15) is 0 Å². The Hall–Kier alpha value is -1.02. The lowest BCUT2D eigenvalue weighted by Crippen LogP contribution is -1.98. The maximum absolute atomic E-state index is 6.13. The Labute approximate surface area is 108 Å². The Morgan fingerprint density at radius 3 is 2.88 bits per heavy atom. The van der Waals surface area contributed by atoms with Gasteiger partial charge in [0.2, 0.25) is 0 Å². The largest absolute Gasteiger partial charge is 0.268 e. The zero-order chi connectivity index (χ0) is 12.3. The Balaban J connectivity index is 2.09. The number of rotatable bonds is 5. The van der Waals surface area contributed by atoms with Crippen LogP contribution in [-0.4, -0.2) is 15.2 Å². The van der Waals surface area contributed by atoms with Gasteiger partial charge in [-0.2, -0.15) is 5.10 Å². The van der Waals surface area contributed by atoms with Crippen molar-refractivity contribution in [3.8, 4) is 0 Å². The van der Waals surface area contributed by atoms with Crippen LogP contribution in [0.25, 0.3) is 10.9 Å². The van der Waals surface area contributed by atoms with Crippen LogP contribution >= 0.6 is 11.6 Å². The zero-order valence-electron chi connectivity index (χ0n) is 10.5. The van der Waals surface area contributed by atoms with E-state index in [1.165, 1.54) is 16.6 Å². The van der Waals surface area contributed by atoms with Crippen molar-refractivity contribution in [2.24, 2.45) is 7.05 Å². The summed E-state index contributed by atoms with van der Waals surface area (Å²) >= 11 is 6.13. The van der Waals surface area contributed by atoms with Gasteiger partial charge in [0.25, 0.3) is 0 Å². The molecule has 1 aromatic carbocycles. The summed E-state index contributed by atoms with van der Waals surface area (Å²) in [6.07, 6.45) is 4.25. The van der Waals surface area contributed by atoms with Crippen molar-refractivity contribution in [2.45, 2.75) is 38.0 Å². The van der Waals surface area contributed by atoms with E-state index in [0.29, 0.717) is 5.38 Å². The molecule has 0 saturated carbocycles. The molecule has 0 aliphatic rings. The van der Waals surface area contributed by atoms with Gasteiger partial charge in [-0.25, -0.2) is 0 Å². The Bertz CT molecular complexity index is 490. The van der Waals surface area contributed by atoms with Crippen molar-refractivity contribution in [3.05, 3.63) is 30.0 Å². The highest BCUT2D eigenvalue weighted by molar-refractivity contribution is 6.20. The van der Waals surface area contributed by atoms with Crippen LogP contribution < -0.4 is 0 Å². The highest BCUT2D eigenvalue weighted by Crippen LogP contribution is 2.20. The SMILES string of the molecule is CCC(Cl)CCCc1nn(C)c2ccccc12. The maximum atomic E-state index is 6.13. The fourth-order valence-corrected chi connectivity index (χ4v) is 2.32. The Morgan fingerprint density at radius 1 is 1.35 bits per heavy atom. The second-order valence-corrected chi connectivity index (χ2v) is 5.10. The topological polar surface area (TPSA) is 17.8 Å². The molecule has 1 atom stereocenters. The second kappa shape index (κ2) is 5.54. The van der Waals surface area contributed by atoms with Crippen molar-refractivity contribution in [1.82, 2.24) is 9.78 Å². The lowest BCUT2D eigenvalue weighted by molar-refractivity contribution is 0.659. The molecule has 1 heterocycles. The van der Waals surface area contributed by atoms with Crippen LogP contribution in [0.5, 0.6) is 0 Å². The molecule has 0 saturated heterocycles. The molecule has 0 amide bonds. The molecular formula is C14H19ClN2. The first-order valence-corrected chi connectivity index (χ1v) is 6.70. The summed E-state index contributed by atoms with van der Waals surface area (Å²) < 4.78 is 1.96. The lowest BCUT2D eigenvalue weighted by Gasteiger charge is -2.04. The lowest BCUT2D eigenvalue weighted by atomic mass is 10.1. The summed E-state index contributed by atoms with van der Waals surface area (Å²) in [5.74, 6) is 0. The van der Waals surface area contributed by atoms with Gasteiger partial charge in [-0.15, -0.1) is 11.6 Å². The molecule has 0 aliphatic heterocycles. The molecule has 0 fully saturated rings. The van der Waals surface area contributed by atoms with Gasteiger partial charge < -0.3 is 0 Å². The number of halogens is 1. The third kappa shape index (κ3) is 2.81. The fraction of sp³-hybridized carbons (Fsp3) is 0.500. The molecule has 92 valence electrons. The van der Waals surface area contributed by atoms with E-state index in [2.05, 4.69) is 36.3 Å². The zero-order valence-corrected chi connectivity index (χ0v) is 11.2. The number of aromatic nitrogens is 2. The summed E-state index contributed by atoms with van der Waals surface area (Å²) in [5, 5.41) is 6.17. The van der Waals surface area contributed by atoms with E-state index in [4.69, 9.17) is 11.6 Å². The molecule has 17 heavy (non-hydrogen) atoms. The maximum Gasteiger partial charge on any atom is 0.0703 e. The van der Waals surface area contributed by atoms with Crippen molar-refractivity contribution in [3.63, 3.8) is 0 Å². The van der Waals surface area contributed by atoms with Gasteiger partial charge in [0.15, 0.2) is 0 Å². The van der Waals surface area contributed by atoms with Gasteiger partial charge in [-0.1, -0.05) is 25.1 Å². The molecule has 0 N–H and O–H groups in total. The number of para-hydroxylation sites is 1. The van der Waals surface area contributed by atoms with Gasteiger partial charge in [-0.05, 0) is 31.7 Å². The van der Waals surface area contributed by atoms with Crippen molar-refractivity contribution < 1.29 is 0 Å². The van der Waals surface area contributed by atoms with Gasteiger partial charge in [0.1, 0.15) is 0 Å². The number of nitrogens with zero attached hydrogens (tertiary/aromatic N) is 2. The number of alkyl halides is 1. The van der Waals surface area contributed by atoms with E-state index >= 15 is 0 Å². The number of fused-ring (bicyclic) bond motifs is 1. The molecule has 2 aromatic rings. The quantitative estimate of drug-likeness (QED) is 0.736. The van der Waals surface area contributed by atoms with Crippen molar-refractivity contribution in [1.29, 1.82) is 0 Å². The van der Waals surface area contributed by atoms with Gasteiger partial charge in [0, 0.05) is 17.8 Å². The molecule has 1 unspecified atom stereocenters. The normalized spacial score (nSPS) is 13.1.